The average Bonchev–Trinajstić information content (AvgIpc) is 2.31. The molecule has 3 heteroatoms. The molecule has 3 nitrogen and oxygen atoms in total. The Morgan fingerprint density at radius 2 is 1.95 bits per heavy atom. The summed E-state index contributed by atoms with van der Waals surface area (Å²) in [7, 11) is 3.97. The van der Waals surface area contributed by atoms with Crippen LogP contribution in [0.2, 0.25) is 0 Å². The van der Waals surface area contributed by atoms with Gasteiger partial charge in [-0.25, -0.2) is 0 Å². The van der Waals surface area contributed by atoms with Crippen LogP contribution in [-0.4, -0.2) is 38.7 Å². The lowest BCUT2D eigenvalue weighted by molar-refractivity contribution is 0.218. The normalized spacial score (nSPS) is 15.7. The zero-order valence-electron chi connectivity index (χ0n) is 12.8. The Bertz CT molecular complexity index is 453. The number of benzene rings is 1. The molecule has 1 aliphatic heterocycles. The highest BCUT2D eigenvalue weighted by atomic mass is 16.5. The number of rotatable bonds is 5. The van der Waals surface area contributed by atoms with Gasteiger partial charge < -0.3 is 15.0 Å². The molecule has 1 N–H and O–H groups in total. The van der Waals surface area contributed by atoms with E-state index in [1.807, 2.05) is 0 Å². The molecule has 1 heterocycles. The molecule has 0 saturated carbocycles. The second kappa shape index (κ2) is 5.93. The number of hydrogen-bond donors (Lipinski definition) is 1. The van der Waals surface area contributed by atoms with Gasteiger partial charge in [0.2, 0.25) is 0 Å². The van der Waals surface area contributed by atoms with E-state index < -0.39 is 0 Å². The molecule has 1 saturated heterocycles. The van der Waals surface area contributed by atoms with Crippen LogP contribution in [-0.2, 0) is 6.54 Å². The number of hydrogen-bond acceptors (Lipinski definition) is 3. The van der Waals surface area contributed by atoms with E-state index in [4.69, 9.17) is 4.74 Å². The van der Waals surface area contributed by atoms with E-state index in [0.29, 0.717) is 0 Å². The summed E-state index contributed by atoms with van der Waals surface area (Å²) in [5.41, 5.74) is 5.29. The SMILES string of the molecule is COc1c(C)cc(CN(C)CC2CNC2)c(C)c1C. The Labute approximate surface area is 116 Å². The van der Waals surface area contributed by atoms with Gasteiger partial charge in [0.1, 0.15) is 5.75 Å². The molecule has 0 aliphatic carbocycles. The minimum atomic E-state index is 0.825. The Kier molecular flexibility index (Phi) is 4.48. The highest BCUT2D eigenvalue weighted by Gasteiger charge is 2.19. The first kappa shape index (κ1) is 14.4. The third-order valence-corrected chi connectivity index (χ3v) is 4.21. The van der Waals surface area contributed by atoms with Gasteiger partial charge in [-0.3, -0.25) is 0 Å². The number of nitrogens with one attached hydrogen (secondary N) is 1. The van der Waals surface area contributed by atoms with Crippen LogP contribution in [0.5, 0.6) is 5.75 Å². The van der Waals surface area contributed by atoms with Crippen LogP contribution in [0.15, 0.2) is 6.07 Å². The minimum absolute atomic E-state index is 0.825. The molecule has 1 aliphatic rings. The van der Waals surface area contributed by atoms with Crippen molar-refractivity contribution in [2.24, 2.45) is 5.92 Å². The van der Waals surface area contributed by atoms with Gasteiger partial charge in [-0.1, -0.05) is 6.07 Å². The molecular weight excluding hydrogens is 236 g/mol. The molecule has 19 heavy (non-hydrogen) atoms. The molecule has 1 aromatic rings. The summed E-state index contributed by atoms with van der Waals surface area (Å²) >= 11 is 0. The van der Waals surface area contributed by atoms with Crippen molar-refractivity contribution >= 4 is 0 Å². The molecule has 0 bridgehead atoms. The number of methoxy groups -OCH3 is 1. The van der Waals surface area contributed by atoms with E-state index in [2.05, 4.69) is 44.1 Å². The van der Waals surface area contributed by atoms with Crippen LogP contribution in [0.1, 0.15) is 22.3 Å². The molecule has 106 valence electrons. The van der Waals surface area contributed by atoms with Crippen molar-refractivity contribution in [2.75, 3.05) is 33.8 Å². The maximum atomic E-state index is 5.49. The third kappa shape index (κ3) is 3.10. The highest BCUT2D eigenvalue weighted by molar-refractivity contribution is 5.48. The first-order valence-corrected chi connectivity index (χ1v) is 7.05. The average molecular weight is 262 g/mol. The van der Waals surface area contributed by atoms with E-state index in [9.17, 15) is 0 Å². The lowest BCUT2D eigenvalue weighted by Crippen LogP contribution is -2.47. The van der Waals surface area contributed by atoms with Crippen LogP contribution in [0, 0.1) is 26.7 Å². The van der Waals surface area contributed by atoms with Crippen molar-refractivity contribution in [1.29, 1.82) is 0 Å². The van der Waals surface area contributed by atoms with Crippen molar-refractivity contribution in [3.63, 3.8) is 0 Å². The van der Waals surface area contributed by atoms with Gasteiger partial charge in [0.05, 0.1) is 7.11 Å². The number of ether oxygens (including phenoxy) is 1. The quantitative estimate of drug-likeness (QED) is 0.881. The lowest BCUT2D eigenvalue weighted by Gasteiger charge is -2.31. The summed E-state index contributed by atoms with van der Waals surface area (Å²) in [6.07, 6.45) is 0. The summed E-state index contributed by atoms with van der Waals surface area (Å²) in [6.45, 7) is 11.0. The molecule has 0 radical (unpaired) electrons. The second-order valence-electron chi connectivity index (χ2n) is 5.86. The second-order valence-corrected chi connectivity index (χ2v) is 5.86. The van der Waals surface area contributed by atoms with Gasteiger partial charge in [-0.15, -0.1) is 0 Å². The van der Waals surface area contributed by atoms with Gasteiger partial charge in [0, 0.05) is 26.2 Å². The van der Waals surface area contributed by atoms with E-state index in [0.717, 1.165) is 18.2 Å². The Morgan fingerprint density at radius 1 is 1.26 bits per heavy atom. The summed E-state index contributed by atoms with van der Waals surface area (Å²) in [4.78, 5) is 2.43. The third-order valence-electron chi connectivity index (χ3n) is 4.21. The molecule has 0 unspecified atom stereocenters. The van der Waals surface area contributed by atoms with E-state index in [1.54, 1.807) is 7.11 Å². The maximum Gasteiger partial charge on any atom is 0.124 e. The van der Waals surface area contributed by atoms with Crippen LogP contribution in [0.3, 0.4) is 0 Å². The standard InChI is InChI=1S/C16H26N2O/c1-11-6-15(12(2)13(3)16(11)19-5)10-18(4)9-14-7-17-8-14/h6,14,17H,7-10H2,1-5H3. The zero-order valence-corrected chi connectivity index (χ0v) is 12.8. The first-order valence-electron chi connectivity index (χ1n) is 7.05. The van der Waals surface area contributed by atoms with Crippen molar-refractivity contribution < 1.29 is 4.74 Å². The monoisotopic (exact) mass is 262 g/mol. The minimum Gasteiger partial charge on any atom is -0.496 e. The van der Waals surface area contributed by atoms with Gasteiger partial charge >= 0.3 is 0 Å². The van der Waals surface area contributed by atoms with Gasteiger partial charge in [-0.05, 0) is 56.0 Å². The van der Waals surface area contributed by atoms with E-state index in [1.165, 1.54) is 41.9 Å². The summed E-state index contributed by atoms with van der Waals surface area (Å²) < 4.78 is 5.49. The molecule has 0 spiro atoms. The predicted molar refractivity (Wildman–Crippen MR) is 79.9 cm³/mol. The highest BCUT2D eigenvalue weighted by Crippen LogP contribution is 2.29. The predicted octanol–water partition coefficient (Wildman–Crippen LogP) is 2.27. The van der Waals surface area contributed by atoms with Gasteiger partial charge in [0.15, 0.2) is 0 Å². The van der Waals surface area contributed by atoms with Gasteiger partial charge in [-0.2, -0.15) is 0 Å². The van der Waals surface area contributed by atoms with Crippen molar-refractivity contribution in [1.82, 2.24) is 10.2 Å². The Morgan fingerprint density at radius 3 is 2.47 bits per heavy atom. The summed E-state index contributed by atoms with van der Waals surface area (Å²) in [5, 5.41) is 3.33. The number of nitrogens with zero attached hydrogens (tertiary/aromatic N) is 1. The maximum absolute atomic E-state index is 5.49. The fourth-order valence-electron chi connectivity index (χ4n) is 2.89. The molecule has 0 atom stereocenters. The summed E-state index contributed by atoms with van der Waals surface area (Å²) in [6, 6.07) is 2.27. The number of aryl methyl sites for hydroxylation is 1. The van der Waals surface area contributed by atoms with E-state index >= 15 is 0 Å². The van der Waals surface area contributed by atoms with Crippen molar-refractivity contribution in [3.8, 4) is 5.75 Å². The lowest BCUT2D eigenvalue weighted by atomic mass is 9.97. The van der Waals surface area contributed by atoms with E-state index in [-0.39, 0.29) is 0 Å². The van der Waals surface area contributed by atoms with Crippen molar-refractivity contribution in [2.45, 2.75) is 27.3 Å². The Balaban J connectivity index is 2.11. The fourth-order valence-corrected chi connectivity index (χ4v) is 2.89. The molecule has 1 fully saturated rings. The van der Waals surface area contributed by atoms with Crippen LogP contribution >= 0.6 is 0 Å². The largest absolute Gasteiger partial charge is 0.496 e. The van der Waals surface area contributed by atoms with Gasteiger partial charge in [0.25, 0.3) is 0 Å². The zero-order chi connectivity index (χ0) is 14.0. The van der Waals surface area contributed by atoms with Crippen LogP contribution in [0.25, 0.3) is 0 Å². The molecule has 1 aromatic carbocycles. The van der Waals surface area contributed by atoms with Crippen LogP contribution in [0.4, 0.5) is 0 Å². The van der Waals surface area contributed by atoms with Crippen molar-refractivity contribution in [3.05, 3.63) is 28.3 Å². The smallest absolute Gasteiger partial charge is 0.124 e. The Hall–Kier alpha value is -1.06. The van der Waals surface area contributed by atoms with Crippen LogP contribution < -0.4 is 10.1 Å². The molecular formula is C16H26N2O. The molecule has 0 amide bonds. The summed E-state index contributed by atoms with van der Waals surface area (Å²) in [5.74, 6) is 1.86. The first-order chi connectivity index (χ1) is 9.02. The fraction of sp³-hybridized carbons (Fsp3) is 0.625. The topological polar surface area (TPSA) is 24.5 Å². The molecule has 0 aromatic heterocycles. The molecule has 2 rings (SSSR count).